The van der Waals surface area contributed by atoms with E-state index in [1.165, 1.54) is 0 Å². The van der Waals surface area contributed by atoms with Crippen molar-refractivity contribution in [1.29, 1.82) is 0 Å². The van der Waals surface area contributed by atoms with Crippen molar-refractivity contribution in [2.24, 2.45) is 0 Å². The number of rotatable bonds is 26. The van der Waals surface area contributed by atoms with Gasteiger partial charge in [0.05, 0.1) is 26.4 Å². The highest BCUT2D eigenvalue weighted by Gasteiger charge is 2.00. The molecule has 1 aromatic rings. The lowest BCUT2D eigenvalue weighted by Gasteiger charge is -2.10. The number of ether oxygens (including phenoxy) is 8. The normalized spacial score (nSPS) is 10.5. The minimum atomic E-state index is -0.441. The fraction of sp³-hybridized carbons (Fsp3) is 0.571. The third-order valence-electron chi connectivity index (χ3n) is 4.73. The molecule has 0 saturated heterocycles. The second-order valence-corrected chi connectivity index (χ2v) is 7.78. The summed E-state index contributed by atoms with van der Waals surface area (Å²) in [4.78, 5) is 21.7. The highest BCUT2D eigenvalue weighted by Crippen LogP contribution is 2.19. The molecule has 10 nitrogen and oxygen atoms in total. The largest absolute Gasteiger partial charge is 0.491 e. The Balaban J connectivity index is 1.92. The first kappa shape index (κ1) is 33.1. The van der Waals surface area contributed by atoms with Crippen molar-refractivity contribution in [1.82, 2.24) is 0 Å². The van der Waals surface area contributed by atoms with Gasteiger partial charge in [0.25, 0.3) is 0 Å². The van der Waals surface area contributed by atoms with Crippen LogP contribution in [0.15, 0.2) is 49.6 Å². The van der Waals surface area contributed by atoms with Crippen molar-refractivity contribution in [3.8, 4) is 11.5 Å². The number of unbranched alkanes of at least 4 members (excludes halogenated alkanes) is 2. The van der Waals surface area contributed by atoms with E-state index < -0.39 is 11.9 Å². The van der Waals surface area contributed by atoms with E-state index >= 15 is 0 Å². The van der Waals surface area contributed by atoms with Gasteiger partial charge in [-0.1, -0.05) is 19.2 Å². The molecule has 0 saturated carbocycles. The molecule has 0 fully saturated rings. The second kappa shape index (κ2) is 24.4. The molecule has 214 valence electrons. The molecule has 0 aliphatic carbocycles. The zero-order chi connectivity index (χ0) is 27.5. The lowest BCUT2D eigenvalue weighted by Crippen LogP contribution is -2.10. The maximum Gasteiger partial charge on any atom is 0.330 e. The molecule has 0 amide bonds. The average molecular weight is 539 g/mol. The third kappa shape index (κ3) is 20.2. The lowest BCUT2D eigenvalue weighted by molar-refractivity contribution is -0.140. The first-order chi connectivity index (χ1) is 18.7. The molecule has 0 radical (unpaired) electrons. The Morgan fingerprint density at radius 2 is 0.921 bits per heavy atom. The first-order valence-corrected chi connectivity index (χ1v) is 12.9. The predicted molar refractivity (Wildman–Crippen MR) is 141 cm³/mol. The van der Waals surface area contributed by atoms with Gasteiger partial charge in [-0.2, -0.15) is 0 Å². The number of carbonyl (C=O) groups is 2. The fourth-order valence-electron chi connectivity index (χ4n) is 2.84. The summed E-state index contributed by atoms with van der Waals surface area (Å²) in [5.74, 6) is 0.556. The van der Waals surface area contributed by atoms with E-state index in [1.54, 1.807) is 0 Å². The van der Waals surface area contributed by atoms with Crippen molar-refractivity contribution in [3.63, 3.8) is 0 Å². The number of esters is 2. The number of hydrogen-bond donors (Lipinski definition) is 0. The number of carbonyl (C=O) groups excluding carboxylic acids is 2. The molecule has 38 heavy (non-hydrogen) atoms. The van der Waals surface area contributed by atoms with Gasteiger partial charge < -0.3 is 37.9 Å². The third-order valence-corrected chi connectivity index (χ3v) is 4.73. The Morgan fingerprint density at radius 1 is 0.553 bits per heavy atom. The van der Waals surface area contributed by atoms with Crippen molar-refractivity contribution in [2.45, 2.75) is 25.7 Å². The average Bonchev–Trinajstić information content (AvgIpc) is 2.94. The van der Waals surface area contributed by atoms with Gasteiger partial charge in [-0.3, -0.25) is 0 Å². The van der Waals surface area contributed by atoms with Crippen molar-refractivity contribution in [2.75, 3.05) is 79.3 Å². The zero-order valence-electron chi connectivity index (χ0n) is 22.3. The zero-order valence-corrected chi connectivity index (χ0v) is 22.3. The molecule has 0 N–H and O–H groups in total. The Bertz CT molecular complexity index is 709. The molecule has 10 heteroatoms. The van der Waals surface area contributed by atoms with E-state index in [0.29, 0.717) is 66.1 Å². The molecule has 1 aromatic carbocycles. The van der Waals surface area contributed by atoms with E-state index in [2.05, 4.69) is 13.2 Å². The van der Waals surface area contributed by atoms with Crippen LogP contribution >= 0.6 is 0 Å². The second-order valence-electron chi connectivity index (χ2n) is 7.78. The van der Waals surface area contributed by atoms with E-state index in [-0.39, 0.29) is 13.2 Å². The van der Waals surface area contributed by atoms with Gasteiger partial charge in [-0.05, 0) is 37.8 Å². The summed E-state index contributed by atoms with van der Waals surface area (Å²) in [6, 6.07) is 7.47. The maximum atomic E-state index is 10.9. The number of hydrogen-bond acceptors (Lipinski definition) is 10. The fourth-order valence-corrected chi connectivity index (χ4v) is 2.84. The molecule has 0 spiro atoms. The van der Waals surface area contributed by atoms with Crippen molar-refractivity contribution in [3.05, 3.63) is 49.6 Å². The standard InChI is InChI=1S/C28H42O10/c1-3-27(29)37-22-18-33-14-7-5-12-31-16-20-35-25-10-9-11-26(24-25)36-21-17-32-13-6-8-15-34-19-23-38-28(30)4-2/h3-4,9-11,24H,1-2,5-8,12-23H2. The molecule has 0 bridgehead atoms. The first-order valence-electron chi connectivity index (χ1n) is 12.9. The van der Waals surface area contributed by atoms with Gasteiger partial charge in [-0.15, -0.1) is 0 Å². The molecule has 0 aromatic heterocycles. The molecule has 0 aliphatic heterocycles. The van der Waals surface area contributed by atoms with Crippen LogP contribution in [0.4, 0.5) is 0 Å². The van der Waals surface area contributed by atoms with Gasteiger partial charge in [0, 0.05) is 44.6 Å². The van der Waals surface area contributed by atoms with Crippen LogP contribution in [-0.4, -0.2) is 91.2 Å². The minimum Gasteiger partial charge on any atom is -0.491 e. The van der Waals surface area contributed by atoms with Gasteiger partial charge in [-0.25, -0.2) is 9.59 Å². The van der Waals surface area contributed by atoms with Crippen LogP contribution in [0.5, 0.6) is 11.5 Å². The molecular weight excluding hydrogens is 496 g/mol. The summed E-state index contributed by atoms with van der Waals surface area (Å²) >= 11 is 0. The van der Waals surface area contributed by atoms with Crippen LogP contribution in [0, 0.1) is 0 Å². The van der Waals surface area contributed by atoms with Crippen LogP contribution in [-0.2, 0) is 38.0 Å². The Labute approximate surface area is 225 Å². The molecule has 0 unspecified atom stereocenters. The van der Waals surface area contributed by atoms with Gasteiger partial charge in [0.15, 0.2) is 0 Å². The summed E-state index contributed by atoms with van der Waals surface area (Å²) in [7, 11) is 0. The van der Waals surface area contributed by atoms with Crippen LogP contribution in [0.2, 0.25) is 0 Å². The maximum absolute atomic E-state index is 10.9. The van der Waals surface area contributed by atoms with Crippen LogP contribution in [0.3, 0.4) is 0 Å². The van der Waals surface area contributed by atoms with Gasteiger partial charge in [0.2, 0.25) is 0 Å². The van der Waals surface area contributed by atoms with Gasteiger partial charge >= 0.3 is 11.9 Å². The molecule has 0 atom stereocenters. The summed E-state index contributed by atoms with van der Waals surface area (Å²) < 4.78 is 43.0. The van der Waals surface area contributed by atoms with Crippen LogP contribution in [0.1, 0.15) is 25.7 Å². The quantitative estimate of drug-likeness (QED) is 0.0987. The Morgan fingerprint density at radius 3 is 1.29 bits per heavy atom. The summed E-state index contributed by atoms with van der Waals surface area (Å²) in [5, 5.41) is 0. The predicted octanol–water partition coefficient (Wildman–Crippen LogP) is 3.53. The van der Waals surface area contributed by atoms with Crippen molar-refractivity contribution >= 4 is 11.9 Å². The van der Waals surface area contributed by atoms with E-state index in [0.717, 1.165) is 49.3 Å². The summed E-state index contributed by atoms with van der Waals surface area (Å²) in [6.07, 6.45) is 5.74. The highest BCUT2D eigenvalue weighted by molar-refractivity contribution is 5.81. The van der Waals surface area contributed by atoms with Crippen LogP contribution < -0.4 is 9.47 Å². The van der Waals surface area contributed by atoms with E-state index in [1.807, 2.05) is 24.3 Å². The van der Waals surface area contributed by atoms with Crippen LogP contribution in [0.25, 0.3) is 0 Å². The minimum absolute atomic E-state index is 0.232. The molecular formula is C28H42O10. The Hall–Kier alpha value is -2.92. The van der Waals surface area contributed by atoms with Crippen molar-refractivity contribution < 1.29 is 47.5 Å². The molecule has 0 heterocycles. The van der Waals surface area contributed by atoms with Gasteiger partial charge in [0.1, 0.15) is 37.9 Å². The number of benzene rings is 1. The van der Waals surface area contributed by atoms with E-state index in [4.69, 9.17) is 37.9 Å². The molecule has 0 aliphatic rings. The van der Waals surface area contributed by atoms with E-state index in [9.17, 15) is 9.59 Å². The summed E-state index contributed by atoms with van der Waals surface area (Å²) in [6.45, 7) is 12.2. The summed E-state index contributed by atoms with van der Waals surface area (Å²) in [5.41, 5.74) is 0. The smallest absolute Gasteiger partial charge is 0.330 e. The lowest BCUT2D eigenvalue weighted by atomic mass is 10.3. The topological polar surface area (TPSA) is 108 Å². The highest BCUT2D eigenvalue weighted by atomic mass is 16.6. The monoisotopic (exact) mass is 538 g/mol. The molecule has 1 rings (SSSR count). The Kier molecular flexibility index (Phi) is 21.3. The SMILES string of the molecule is C=CC(=O)OCCOCCCCOCCOc1cccc(OCCOCCCCOCCOC(=O)C=C)c1.